The lowest BCUT2D eigenvalue weighted by Crippen LogP contribution is -2.55. The first-order chi connectivity index (χ1) is 8.90. The molecule has 1 aromatic carbocycles. The highest BCUT2D eigenvalue weighted by Gasteiger charge is 2.36. The molecular formula is C16H23NO2. The summed E-state index contributed by atoms with van der Waals surface area (Å²) < 4.78 is 0. The molecular weight excluding hydrogens is 238 g/mol. The average molecular weight is 261 g/mol. The van der Waals surface area contributed by atoms with E-state index in [0.717, 1.165) is 24.0 Å². The van der Waals surface area contributed by atoms with E-state index < -0.39 is 0 Å². The van der Waals surface area contributed by atoms with Crippen molar-refractivity contribution in [1.29, 1.82) is 0 Å². The Balaban J connectivity index is 2.13. The maximum atomic E-state index is 12.5. The monoisotopic (exact) mass is 261 g/mol. The van der Waals surface area contributed by atoms with Crippen LogP contribution < -0.4 is 0 Å². The highest BCUT2D eigenvalue weighted by molar-refractivity contribution is 5.80. The van der Waals surface area contributed by atoms with E-state index >= 15 is 0 Å². The molecule has 1 aromatic rings. The van der Waals surface area contributed by atoms with Gasteiger partial charge in [0, 0.05) is 12.1 Å². The van der Waals surface area contributed by atoms with Gasteiger partial charge < -0.3 is 10.0 Å². The molecule has 1 fully saturated rings. The Morgan fingerprint density at radius 3 is 2.79 bits per heavy atom. The Kier molecular flexibility index (Phi) is 3.95. The normalized spacial score (nSPS) is 22.3. The summed E-state index contributed by atoms with van der Waals surface area (Å²) in [5.74, 6) is 0.109. The highest BCUT2D eigenvalue weighted by Crippen LogP contribution is 2.28. The summed E-state index contributed by atoms with van der Waals surface area (Å²) in [5.41, 5.74) is 2.06. The third-order valence-corrected chi connectivity index (χ3v) is 4.12. The summed E-state index contributed by atoms with van der Waals surface area (Å²) in [7, 11) is 0. The molecule has 3 heteroatoms. The molecule has 1 saturated heterocycles. The van der Waals surface area contributed by atoms with Gasteiger partial charge in [-0.25, -0.2) is 0 Å². The molecule has 1 aliphatic rings. The summed E-state index contributed by atoms with van der Waals surface area (Å²) in [6, 6.07) is 7.98. The maximum Gasteiger partial charge on any atom is 0.227 e. The predicted octanol–water partition coefficient (Wildman–Crippen LogP) is 2.30. The van der Waals surface area contributed by atoms with Crippen LogP contribution in [-0.4, -0.2) is 34.1 Å². The van der Waals surface area contributed by atoms with Gasteiger partial charge in [-0.05, 0) is 44.7 Å². The summed E-state index contributed by atoms with van der Waals surface area (Å²) in [4.78, 5) is 14.3. The molecule has 0 radical (unpaired) electrons. The lowest BCUT2D eigenvalue weighted by atomic mass is 9.88. The number of carbonyl (C=O) groups is 1. The van der Waals surface area contributed by atoms with Crippen molar-refractivity contribution < 1.29 is 9.90 Å². The Labute approximate surface area is 115 Å². The van der Waals surface area contributed by atoms with Gasteiger partial charge in [-0.3, -0.25) is 4.79 Å². The summed E-state index contributed by atoms with van der Waals surface area (Å²) >= 11 is 0. The van der Waals surface area contributed by atoms with Crippen LogP contribution in [0.4, 0.5) is 0 Å². The number of hydrogen-bond donors (Lipinski definition) is 1. The SMILES string of the molecule is Cc1ccccc1CC(=O)N1CC(O)CCC1(C)C. The summed E-state index contributed by atoms with van der Waals surface area (Å²) in [5, 5.41) is 9.79. The van der Waals surface area contributed by atoms with Gasteiger partial charge in [0.2, 0.25) is 5.91 Å². The third-order valence-electron chi connectivity index (χ3n) is 4.12. The largest absolute Gasteiger partial charge is 0.391 e. The van der Waals surface area contributed by atoms with Crippen molar-refractivity contribution in [3.8, 4) is 0 Å². The standard InChI is InChI=1S/C16H23NO2/c1-12-6-4-5-7-13(12)10-15(19)17-11-14(18)8-9-16(17,2)3/h4-7,14,18H,8-11H2,1-3H3. The third kappa shape index (κ3) is 3.16. The molecule has 1 N–H and O–H groups in total. The minimum atomic E-state index is -0.381. The van der Waals surface area contributed by atoms with E-state index in [1.807, 2.05) is 36.1 Å². The molecule has 0 aromatic heterocycles. The van der Waals surface area contributed by atoms with E-state index in [1.54, 1.807) is 0 Å². The van der Waals surface area contributed by atoms with Crippen LogP contribution in [0.2, 0.25) is 0 Å². The van der Waals surface area contributed by atoms with E-state index in [4.69, 9.17) is 0 Å². The lowest BCUT2D eigenvalue weighted by Gasteiger charge is -2.44. The van der Waals surface area contributed by atoms with E-state index in [0.29, 0.717) is 13.0 Å². The van der Waals surface area contributed by atoms with Gasteiger partial charge in [-0.2, -0.15) is 0 Å². The van der Waals surface area contributed by atoms with Gasteiger partial charge in [0.15, 0.2) is 0 Å². The fourth-order valence-corrected chi connectivity index (χ4v) is 2.71. The molecule has 1 heterocycles. The van der Waals surface area contributed by atoms with Gasteiger partial charge in [0.05, 0.1) is 12.5 Å². The first-order valence-corrected chi connectivity index (χ1v) is 6.93. The number of β-amino-alcohol motifs (C(OH)–C–C–N with tert-alkyl or cyclic N) is 1. The number of aliphatic hydroxyl groups is 1. The van der Waals surface area contributed by atoms with Crippen molar-refractivity contribution in [2.24, 2.45) is 0 Å². The second-order valence-corrected chi connectivity index (χ2v) is 6.11. The van der Waals surface area contributed by atoms with Crippen LogP contribution in [-0.2, 0) is 11.2 Å². The second-order valence-electron chi connectivity index (χ2n) is 6.11. The van der Waals surface area contributed by atoms with Gasteiger partial charge in [-0.1, -0.05) is 24.3 Å². The topological polar surface area (TPSA) is 40.5 Å². The average Bonchev–Trinajstić information content (AvgIpc) is 2.35. The molecule has 104 valence electrons. The van der Waals surface area contributed by atoms with E-state index in [9.17, 15) is 9.90 Å². The fraction of sp³-hybridized carbons (Fsp3) is 0.562. The molecule has 0 bridgehead atoms. The Morgan fingerprint density at radius 2 is 2.11 bits per heavy atom. The first kappa shape index (κ1) is 14.1. The van der Waals surface area contributed by atoms with Crippen molar-refractivity contribution in [2.75, 3.05) is 6.54 Å². The molecule has 1 unspecified atom stereocenters. The number of hydrogen-bond acceptors (Lipinski definition) is 2. The molecule has 0 saturated carbocycles. The summed E-state index contributed by atoms with van der Waals surface area (Å²) in [6.07, 6.45) is 1.67. The number of aliphatic hydroxyl groups excluding tert-OH is 1. The van der Waals surface area contributed by atoms with E-state index in [1.165, 1.54) is 0 Å². The molecule has 0 aliphatic carbocycles. The zero-order valence-electron chi connectivity index (χ0n) is 12.0. The number of amides is 1. The van der Waals surface area contributed by atoms with Crippen molar-refractivity contribution in [3.63, 3.8) is 0 Å². The zero-order chi connectivity index (χ0) is 14.0. The number of aryl methyl sites for hydroxylation is 1. The smallest absolute Gasteiger partial charge is 0.227 e. The number of rotatable bonds is 2. The maximum absolute atomic E-state index is 12.5. The van der Waals surface area contributed by atoms with E-state index in [-0.39, 0.29) is 17.6 Å². The Morgan fingerprint density at radius 1 is 1.42 bits per heavy atom. The second kappa shape index (κ2) is 5.33. The van der Waals surface area contributed by atoms with Crippen molar-refractivity contribution in [3.05, 3.63) is 35.4 Å². The van der Waals surface area contributed by atoms with Crippen LogP contribution in [0.3, 0.4) is 0 Å². The van der Waals surface area contributed by atoms with Gasteiger partial charge in [0.1, 0.15) is 0 Å². The Bertz CT molecular complexity index is 468. The Hall–Kier alpha value is -1.35. The molecule has 1 aliphatic heterocycles. The van der Waals surface area contributed by atoms with Crippen LogP contribution in [0.25, 0.3) is 0 Å². The number of likely N-dealkylation sites (tertiary alicyclic amines) is 1. The molecule has 1 amide bonds. The predicted molar refractivity (Wildman–Crippen MR) is 75.9 cm³/mol. The van der Waals surface area contributed by atoms with Gasteiger partial charge in [0.25, 0.3) is 0 Å². The van der Waals surface area contributed by atoms with Crippen LogP contribution in [0.1, 0.15) is 37.8 Å². The van der Waals surface area contributed by atoms with Gasteiger partial charge in [-0.15, -0.1) is 0 Å². The van der Waals surface area contributed by atoms with Crippen molar-refractivity contribution in [1.82, 2.24) is 4.90 Å². The first-order valence-electron chi connectivity index (χ1n) is 6.93. The molecule has 3 nitrogen and oxygen atoms in total. The number of benzene rings is 1. The fourth-order valence-electron chi connectivity index (χ4n) is 2.71. The van der Waals surface area contributed by atoms with Crippen molar-refractivity contribution in [2.45, 2.75) is 51.7 Å². The van der Waals surface area contributed by atoms with Crippen LogP contribution in [0, 0.1) is 6.92 Å². The van der Waals surface area contributed by atoms with Crippen LogP contribution in [0.5, 0.6) is 0 Å². The molecule has 2 rings (SSSR count). The molecule has 0 spiro atoms. The van der Waals surface area contributed by atoms with Crippen molar-refractivity contribution >= 4 is 5.91 Å². The highest BCUT2D eigenvalue weighted by atomic mass is 16.3. The minimum Gasteiger partial charge on any atom is -0.391 e. The lowest BCUT2D eigenvalue weighted by molar-refractivity contribution is -0.141. The number of piperidine rings is 1. The number of nitrogens with zero attached hydrogens (tertiary/aromatic N) is 1. The minimum absolute atomic E-state index is 0.109. The quantitative estimate of drug-likeness (QED) is 0.887. The summed E-state index contributed by atoms with van der Waals surface area (Å²) in [6.45, 7) is 6.64. The molecule has 19 heavy (non-hydrogen) atoms. The van der Waals surface area contributed by atoms with Crippen LogP contribution in [0.15, 0.2) is 24.3 Å². The molecule has 1 atom stereocenters. The number of carbonyl (C=O) groups excluding carboxylic acids is 1. The van der Waals surface area contributed by atoms with Crippen LogP contribution >= 0.6 is 0 Å². The van der Waals surface area contributed by atoms with E-state index in [2.05, 4.69) is 13.8 Å². The zero-order valence-corrected chi connectivity index (χ0v) is 12.0. The van der Waals surface area contributed by atoms with Gasteiger partial charge >= 0.3 is 0 Å².